The molecule has 0 aliphatic carbocycles. The fraction of sp³-hybridized carbons (Fsp3) is 0.393. The van der Waals surface area contributed by atoms with Crippen LogP contribution in [0.15, 0.2) is 48.5 Å². The number of alkyl carbamates (subject to hydrolysis) is 1. The van der Waals surface area contributed by atoms with Crippen molar-refractivity contribution >= 4 is 36.2 Å². The topological polar surface area (TPSA) is 87.7 Å². The Kier molecular flexibility index (Phi) is 10.00. The van der Waals surface area contributed by atoms with Crippen molar-refractivity contribution in [3.63, 3.8) is 0 Å². The molecule has 0 bridgehead atoms. The average molecular weight is 510 g/mol. The number of rotatable bonds is 8. The zero-order valence-corrected chi connectivity index (χ0v) is 22.6. The second kappa shape index (κ2) is 12.5. The molecule has 8 heteroatoms. The second-order valence-electron chi connectivity index (χ2n) is 9.66. The highest BCUT2D eigenvalue weighted by Gasteiger charge is 2.38. The number of para-hydroxylation sites is 1. The predicted octanol–water partition coefficient (Wildman–Crippen LogP) is 4.72. The summed E-state index contributed by atoms with van der Waals surface area (Å²) in [7, 11) is 0. The van der Waals surface area contributed by atoms with Gasteiger partial charge in [0.2, 0.25) is 5.91 Å². The van der Waals surface area contributed by atoms with Crippen LogP contribution in [0, 0.1) is 19.3 Å². The van der Waals surface area contributed by atoms with Gasteiger partial charge in [-0.2, -0.15) is 12.6 Å². The number of carbonyl (C=O) groups is 3. The molecule has 2 rings (SSSR count). The third-order valence-corrected chi connectivity index (χ3v) is 5.69. The number of benzene rings is 2. The fourth-order valence-electron chi connectivity index (χ4n) is 3.69. The molecular weight excluding hydrogens is 474 g/mol. The van der Waals surface area contributed by atoms with E-state index in [2.05, 4.69) is 29.2 Å². The zero-order chi connectivity index (χ0) is 27.0. The Morgan fingerprint density at radius 3 is 2.25 bits per heavy atom. The van der Waals surface area contributed by atoms with Crippen LogP contribution in [0.4, 0.5) is 10.5 Å². The number of hydrogen-bond donors (Lipinski definition) is 3. The third kappa shape index (κ3) is 7.53. The number of terminal acetylenes is 1. The number of nitrogens with zero attached hydrogens (tertiary/aromatic N) is 1. The lowest BCUT2D eigenvalue weighted by Crippen LogP contribution is -2.55. The number of hydrogen-bond acceptors (Lipinski definition) is 5. The molecular formula is C28H35N3O4S. The SMILES string of the molecule is C#Cc1ccccc1C(C(=O)Nc1ccccc1C)N(C(=O)C(CS)NC(=O)OC(C)(C)C)C(C)C. The van der Waals surface area contributed by atoms with Gasteiger partial charge >= 0.3 is 6.09 Å². The number of amides is 3. The Balaban J connectivity index is 2.53. The first kappa shape index (κ1) is 28.8. The van der Waals surface area contributed by atoms with Crippen LogP contribution in [0.2, 0.25) is 0 Å². The molecule has 2 aromatic rings. The highest BCUT2D eigenvalue weighted by molar-refractivity contribution is 7.80. The maximum Gasteiger partial charge on any atom is 0.408 e. The molecule has 7 nitrogen and oxygen atoms in total. The first-order valence-corrected chi connectivity index (χ1v) is 12.4. The van der Waals surface area contributed by atoms with E-state index in [1.54, 1.807) is 65.0 Å². The van der Waals surface area contributed by atoms with Crippen LogP contribution in [0.3, 0.4) is 0 Å². The Morgan fingerprint density at radius 1 is 1.08 bits per heavy atom. The zero-order valence-electron chi connectivity index (χ0n) is 21.7. The van der Waals surface area contributed by atoms with E-state index in [9.17, 15) is 14.4 Å². The van der Waals surface area contributed by atoms with E-state index in [-0.39, 0.29) is 5.75 Å². The van der Waals surface area contributed by atoms with Crippen LogP contribution in [-0.2, 0) is 14.3 Å². The van der Waals surface area contributed by atoms with Crippen molar-refractivity contribution in [2.75, 3.05) is 11.1 Å². The van der Waals surface area contributed by atoms with Gasteiger partial charge in [-0.1, -0.05) is 42.3 Å². The first-order chi connectivity index (χ1) is 16.9. The summed E-state index contributed by atoms with van der Waals surface area (Å²) >= 11 is 4.29. The molecule has 0 heterocycles. The van der Waals surface area contributed by atoms with Crippen LogP contribution < -0.4 is 10.6 Å². The minimum absolute atomic E-state index is 0.00418. The number of aryl methyl sites for hydroxylation is 1. The van der Waals surface area contributed by atoms with E-state index in [4.69, 9.17) is 11.2 Å². The summed E-state index contributed by atoms with van der Waals surface area (Å²) in [5.41, 5.74) is 1.75. The maximum absolute atomic E-state index is 13.8. The van der Waals surface area contributed by atoms with Crippen molar-refractivity contribution in [3.8, 4) is 12.3 Å². The minimum atomic E-state index is -1.06. The summed E-state index contributed by atoms with van der Waals surface area (Å²) in [6, 6.07) is 11.9. The van der Waals surface area contributed by atoms with Gasteiger partial charge in [-0.25, -0.2) is 4.79 Å². The van der Waals surface area contributed by atoms with E-state index in [0.717, 1.165) is 5.56 Å². The van der Waals surface area contributed by atoms with Crippen molar-refractivity contribution in [1.82, 2.24) is 10.2 Å². The van der Waals surface area contributed by atoms with Gasteiger partial charge in [0.05, 0.1) is 0 Å². The average Bonchev–Trinajstić information content (AvgIpc) is 2.80. The molecule has 0 saturated carbocycles. The molecule has 2 unspecified atom stereocenters. The monoisotopic (exact) mass is 509 g/mol. The van der Waals surface area contributed by atoms with Gasteiger partial charge < -0.3 is 20.3 Å². The van der Waals surface area contributed by atoms with Crippen molar-refractivity contribution in [1.29, 1.82) is 0 Å². The fourth-order valence-corrected chi connectivity index (χ4v) is 3.94. The normalized spacial score (nSPS) is 12.8. The quantitative estimate of drug-likeness (QED) is 0.355. The number of nitrogens with one attached hydrogen (secondary N) is 2. The third-order valence-electron chi connectivity index (χ3n) is 5.32. The van der Waals surface area contributed by atoms with Crippen LogP contribution in [-0.4, -0.2) is 46.2 Å². The summed E-state index contributed by atoms with van der Waals surface area (Å²) < 4.78 is 5.32. The molecule has 0 aliphatic rings. The number of thiol groups is 1. The van der Waals surface area contributed by atoms with Crippen LogP contribution in [0.25, 0.3) is 0 Å². The predicted molar refractivity (Wildman–Crippen MR) is 146 cm³/mol. The molecule has 0 saturated heterocycles. The smallest absolute Gasteiger partial charge is 0.408 e. The molecule has 0 radical (unpaired) electrons. The van der Waals surface area contributed by atoms with Crippen molar-refractivity contribution in [2.24, 2.45) is 0 Å². The van der Waals surface area contributed by atoms with Gasteiger partial charge in [-0.3, -0.25) is 9.59 Å². The number of anilines is 1. The number of carbonyl (C=O) groups excluding carboxylic acids is 3. The molecule has 2 atom stereocenters. The maximum atomic E-state index is 13.8. The number of ether oxygens (including phenoxy) is 1. The lowest BCUT2D eigenvalue weighted by atomic mass is 9.96. The molecule has 0 fully saturated rings. The Labute approximate surface area is 219 Å². The van der Waals surface area contributed by atoms with E-state index >= 15 is 0 Å². The molecule has 2 aromatic carbocycles. The highest BCUT2D eigenvalue weighted by Crippen LogP contribution is 2.29. The molecule has 192 valence electrons. The summed E-state index contributed by atoms with van der Waals surface area (Å²) in [5.74, 6) is 1.71. The van der Waals surface area contributed by atoms with Crippen LogP contribution in [0.5, 0.6) is 0 Å². The Hall–Kier alpha value is -3.44. The van der Waals surface area contributed by atoms with Gasteiger partial charge in [0.15, 0.2) is 0 Å². The molecule has 0 spiro atoms. The standard InChI is InChI=1S/C28H35N3O4S/c1-8-20-14-10-11-15-21(20)24(25(32)29-22-16-12-9-13-19(22)4)31(18(2)3)26(33)23(17-36)30-27(34)35-28(5,6)7/h1,9-16,18,23-24,36H,17H2,2-7H3,(H,29,32)(H,30,34). The van der Waals surface area contributed by atoms with E-state index in [0.29, 0.717) is 16.8 Å². The Bertz CT molecular complexity index is 1130. The van der Waals surface area contributed by atoms with Gasteiger partial charge in [-0.15, -0.1) is 6.42 Å². The largest absolute Gasteiger partial charge is 0.444 e. The van der Waals surface area contributed by atoms with E-state index < -0.39 is 41.6 Å². The van der Waals surface area contributed by atoms with Crippen molar-refractivity contribution in [2.45, 2.75) is 65.3 Å². The lowest BCUT2D eigenvalue weighted by Gasteiger charge is -2.37. The lowest BCUT2D eigenvalue weighted by molar-refractivity contribution is -0.142. The van der Waals surface area contributed by atoms with Crippen molar-refractivity contribution in [3.05, 3.63) is 65.2 Å². The van der Waals surface area contributed by atoms with Crippen LogP contribution >= 0.6 is 12.6 Å². The first-order valence-electron chi connectivity index (χ1n) is 11.7. The summed E-state index contributed by atoms with van der Waals surface area (Å²) in [4.78, 5) is 41.5. The van der Waals surface area contributed by atoms with E-state index in [1.807, 2.05) is 25.1 Å². The Morgan fingerprint density at radius 2 is 1.69 bits per heavy atom. The van der Waals surface area contributed by atoms with Gasteiger partial charge in [0.25, 0.3) is 5.91 Å². The second-order valence-corrected chi connectivity index (χ2v) is 10.0. The molecule has 0 aliphatic heterocycles. The summed E-state index contributed by atoms with van der Waals surface area (Å²) in [5, 5.41) is 5.54. The van der Waals surface area contributed by atoms with Gasteiger partial charge in [0, 0.05) is 23.0 Å². The molecule has 0 aromatic heterocycles. The molecule has 3 amide bonds. The van der Waals surface area contributed by atoms with Gasteiger partial charge in [0.1, 0.15) is 17.7 Å². The van der Waals surface area contributed by atoms with Gasteiger partial charge in [-0.05, 0) is 64.8 Å². The molecule has 2 N–H and O–H groups in total. The van der Waals surface area contributed by atoms with E-state index in [1.165, 1.54) is 4.90 Å². The van der Waals surface area contributed by atoms with Crippen LogP contribution in [0.1, 0.15) is 57.4 Å². The summed E-state index contributed by atoms with van der Waals surface area (Å²) in [6.45, 7) is 10.7. The minimum Gasteiger partial charge on any atom is -0.444 e. The molecule has 36 heavy (non-hydrogen) atoms. The van der Waals surface area contributed by atoms with Crippen molar-refractivity contribution < 1.29 is 19.1 Å². The summed E-state index contributed by atoms with van der Waals surface area (Å²) in [6.07, 6.45) is 5.01. The highest BCUT2D eigenvalue weighted by atomic mass is 32.1.